The molecule has 2 bridgehead atoms. The number of hydrogen-bond acceptors (Lipinski definition) is 9. The summed E-state index contributed by atoms with van der Waals surface area (Å²) in [4.78, 5) is 4.58. The minimum absolute atomic E-state index is 0.187. The third-order valence-corrected chi connectivity index (χ3v) is 6.37. The van der Waals surface area contributed by atoms with Crippen LogP contribution in [0.3, 0.4) is 0 Å². The summed E-state index contributed by atoms with van der Waals surface area (Å²) in [6.45, 7) is -0.486. The number of hydrogen-bond donors (Lipinski definition) is 4. The quantitative estimate of drug-likeness (QED) is 0.325. The van der Waals surface area contributed by atoms with E-state index in [4.69, 9.17) is 25.8 Å². The Kier molecular flexibility index (Phi) is 6.92. The molecular formula is C23H26ClNO8. The molecular weight excluding hydrogens is 454 g/mol. The van der Waals surface area contributed by atoms with Crippen molar-refractivity contribution in [3.63, 3.8) is 0 Å². The highest BCUT2D eigenvalue weighted by atomic mass is 35.5. The second-order valence-corrected chi connectivity index (χ2v) is 8.48. The molecule has 2 aliphatic rings. The van der Waals surface area contributed by atoms with Crippen LogP contribution in [-0.4, -0.2) is 77.5 Å². The molecule has 0 spiro atoms. The molecule has 33 heavy (non-hydrogen) atoms. The van der Waals surface area contributed by atoms with Crippen LogP contribution in [0.15, 0.2) is 47.6 Å². The Balaban J connectivity index is 1.56. The van der Waals surface area contributed by atoms with Crippen LogP contribution in [0.1, 0.15) is 16.7 Å². The van der Waals surface area contributed by atoms with Crippen LogP contribution < -0.4 is 4.74 Å². The van der Waals surface area contributed by atoms with Crippen LogP contribution in [0.5, 0.6) is 5.75 Å². The van der Waals surface area contributed by atoms with E-state index in [9.17, 15) is 20.4 Å². The number of rotatable bonds is 8. The summed E-state index contributed by atoms with van der Waals surface area (Å²) in [6.07, 6.45) is -2.65. The number of aliphatic hydroxyl groups is 4. The minimum Gasteiger partial charge on any atom is -0.488 e. The normalized spacial score (nSPS) is 31.2. The smallest absolute Gasteiger partial charge is 0.225 e. The van der Waals surface area contributed by atoms with Gasteiger partial charge in [-0.2, -0.15) is 0 Å². The lowest BCUT2D eigenvalue weighted by atomic mass is 9.83. The first-order valence-electron chi connectivity index (χ1n) is 10.4. The number of fused-ring (bicyclic) bond motifs is 2. The van der Waals surface area contributed by atoms with E-state index in [2.05, 4.69) is 9.99 Å². The van der Waals surface area contributed by atoms with Gasteiger partial charge in [-0.25, -0.2) is 0 Å². The molecule has 2 fully saturated rings. The molecule has 0 radical (unpaired) electrons. The Labute approximate surface area is 195 Å². The van der Waals surface area contributed by atoms with Gasteiger partial charge in [0.15, 0.2) is 0 Å². The van der Waals surface area contributed by atoms with Gasteiger partial charge in [-0.1, -0.05) is 35.0 Å². The van der Waals surface area contributed by atoms with E-state index in [1.165, 1.54) is 13.3 Å². The van der Waals surface area contributed by atoms with Crippen molar-refractivity contribution in [2.75, 3.05) is 26.9 Å². The lowest BCUT2D eigenvalue weighted by Gasteiger charge is -2.46. The van der Waals surface area contributed by atoms with E-state index < -0.39 is 36.3 Å². The van der Waals surface area contributed by atoms with Crippen LogP contribution in [-0.2, 0) is 26.5 Å². The van der Waals surface area contributed by atoms with Gasteiger partial charge >= 0.3 is 0 Å². The van der Waals surface area contributed by atoms with Gasteiger partial charge < -0.3 is 39.5 Å². The number of benzene rings is 2. The van der Waals surface area contributed by atoms with Gasteiger partial charge in [0.05, 0.1) is 19.4 Å². The largest absolute Gasteiger partial charge is 0.488 e. The predicted octanol–water partition coefficient (Wildman–Crippen LogP) is 0.969. The first kappa shape index (κ1) is 23.9. The predicted molar refractivity (Wildman–Crippen MR) is 118 cm³/mol. The molecule has 2 aliphatic heterocycles. The fourth-order valence-corrected chi connectivity index (χ4v) is 4.35. The zero-order chi connectivity index (χ0) is 23.6. The Morgan fingerprint density at radius 3 is 2.61 bits per heavy atom. The molecule has 5 atom stereocenters. The molecule has 0 unspecified atom stereocenters. The monoisotopic (exact) mass is 479 g/mol. The molecule has 0 aliphatic carbocycles. The molecule has 9 nitrogen and oxygen atoms in total. The number of halogens is 1. The Morgan fingerprint density at radius 1 is 1.15 bits per heavy atom. The van der Waals surface area contributed by atoms with Gasteiger partial charge in [-0.15, -0.1) is 0 Å². The summed E-state index contributed by atoms with van der Waals surface area (Å²) in [5.74, 6) is -1.06. The first-order valence-corrected chi connectivity index (χ1v) is 10.8. The van der Waals surface area contributed by atoms with Crippen molar-refractivity contribution < 1.29 is 39.5 Å². The standard InChI is InChI=1S/C23H26ClNO8/c1-30-25-8-9-31-17-5-2-14(3-6-17)10-15-11-16(4-7-18(15)24)23-21(29)19(27)20(28)22(12-26,33-23)13-32-23/h2-8,11,19-21,26-29H,9-10,12-13H2,1H3/b25-8+/t19-,20+,21+,22-,23+/m0/s1. The molecule has 2 heterocycles. The van der Waals surface area contributed by atoms with Gasteiger partial charge in [0.1, 0.15) is 43.4 Å². The van der Waals surface area contributed by atoms with Crippen LogP contribution in [0.25, 0.3) is 0 Å². The lowest BCUT2D eigenvalue weighted by Crippen LogP contribution is -2.65. The van der Waals surface area contributed by atoms with Crippen molar-refractivity contribution in [1.29, 1.82) is 0 Å². The molecule has 0 saturated carbocycles. The average Bonchev–Trinajstić information content (AvgIpc) is 3.22. The van der Waals surface area contributed by atoms with Crippen molar-refractivity contribution in [2.24, 2.45) is 5.16 Å². The second-order valence-electron chi connectivity index (χ2n) is 8.07. The number of ether oxygens (including phenoxy) is 3. The van der Waals surface area contributed by atoms with E-state index in [1.807, 2.05) is 24.3 Å². The van der Waals surface area contributed by atoms with Gasteiger partial charge in [0.25, 0.3) is 0 Å². The fraction of sp³-hybridized carbons (Fsp3) is 0.435. The maximum absolute atomic E-state index is 10.7. The molecule has 10 heteroatoms. The van der Waals surface area contributed by atoms with Crippen molar-refractivity contribution in [3.8, 4) is 5.75 Å². The van der Waals surface area contributed by atoms with E-state index in [0.717, 1.165) is 11.1 Å². The summed E-state index contributed by atoms with van der Waals surface area (Å²) in [6, 6.07) is 12.5. The Bertz CT molecular complexity index is 1000. The highest BCUT2D eigenvalue weighted by Gasteiger charge is 2.67. The summed E-state index contributed by atoms with van der Waals surface area (Å²) in [7, 11) is 1.46. The maximum Gasteiger partial charge on any atom is 0.225 e. The average molecular weight is 480 g/mol. The summed E-state index contributed by atoms with van der Waals surface area (Å²) in [5.41, 5.74) is 0.600. The van der Waals surface area contributed by atoms with Crippen LogP contribution in [0.2, 0.25) is 5.02 Å². The number of oxime groups is 1. The van der Waals surface area contributed by atoms with Gasteiger partial charge in [0.2, 0.25) is 5.79 Å². The van der Waals surface area contributed by atoms with E-state index in [-0.39, 0.29) is 13.2 Å². The Hall–Kier alpha value is -2.24. The third-order valence-electron chi connectivity index (χ3n) is 6.00. The zero-order valence-electron chi connectivity index (χ0n) is 17.9. The molecule has 0 aromatic heterocycles. The molecule has 4 N–H and O–H groups in total. The van der Waals surface area contributed by atoms with Crippen LogP contribution in [0, 0.1) is 0 Å². The summed E-state index contributed by atoms with van der Waals surface area (Å²) < 4.78 is 17.2. The highest BCUT2D eigenvalue weighted by molar-refractivity contribution is 6.31. The molecule has 2 aromatic rings. The van der Waals surface area contributed by atoms with Crippen molar-refractivity contribution in [1.82, 2.24) is 0 Å². The van der Waals surface area contributed by atoms with E-state index in [1.54, 1.807) is 18.2 Å². The first-order chi connectivity index (χ1) is 15.8. The van der Waals surface area contributed by atoms with Gasteiger partial charge in [0, 0.05) is 10.6 Å². The highest BCUT2D eigenvalue weighted by Crippen LogP contribution is 2.49. The van der Waals surface area contributed by atoms with Crippen molar-refractivity contribution in [3.05, 3.63) is 64.2 Å². The summed E-state index contributed by atoms with van der Waals surface area (Å²) in [5, 5.41) is 45.4. The third kappa shape index (κ3) is 4.33. The SMILES string of the molecule is CO/N=C/COc1ccc(Cc2cc([C@@]34OC[C@](CO)(O3)[C@H](O)[C@H](O)[C@H]4O)ccc2Cl)cc1. The molecule has 2 saturated heterocycles. The van der Waals surface area contributed by atoms with E-state index >= 15 is 0 Å². The number of nitrogens with zero attached hydrogens (tertiary/aromatic N) is 1. The van der Waals surface area contributed by atoms with Crippen molar-refractivity contribution >= 4 is 17.8 Å². The fourth-order valence-electron chi connectivity index (χ4n) is 4.16. The maximum atomic E-state index is 10.7. The second kappa shape index (κ2) is 9.55. The zero-order valence-corrected chi connectivity index (χ0v) is 18.7. The molecule has 4 rings (SSSR count). The topological polar surface area (TPSA) is 130 Å². The van der Waals surface area contributed by atoms with Crippen molar-refractivity contribution in [2.45, 2.75) is 36.1 Å². The lowest BCUT2D eigenvalue weighted by molar-refractivity contribution is -0.329. The molecule has 2 aromatic carbocycles. The van der Waals surface area contributed by atoms with E-state index in [0.29, 0.717) is 22.8 Å². The van der Waals surface area contributed by atoms with Crippen LogP contribution in [0.4, 0.5) is 0 Å². The van der Waals surface area contributed by atoms with Gasteiger partial charge in [-0.3, -0.25) is 0 Å². The van der Waals surface area contributed by atoms with Crippen LogP contribution >= 0.6 is 11.6 Å². The molecule has 0 amide bonds. The minimum atomic E-state index is -1.73. The molecule has 178 valence electrons. The Morgan fingerprint density at radius 2 is 1.91 bits per heavy atom. The summed E-state index contributed by atoms with van der Waals surface area (Å²) >= 11 is 6.43. The van der Waals surface area contributed by atoms with Gasteiger partial charge in [-0.05, 0) is 41.8 Å². The number of aliphatic hydroxyl groups excluding tert-OH is 4.